The number of carboxylic acids is 1. The van der Waals surface area contributed by atoms with E-state index in [4.69, 9.17) is 14.4 Å². The molecule has 1 fully saturated rings. The molecule has 0 bridgehead atoms. The normalized spacial score (nSPS) is 17.0. The Kier molecular flexibility index (Phi) is 6.06. The molecule has 128 valence electrons. The van der Waals surface area contributed by atoms with Gasteiger partial charge in [0.15, 0.2) is 0 Å². The molecular weight excluding hydrogens is 320 g/mol. The van der Waals surface area contributed by atoms with Gasteiger partial charge in [0.05, 0.1) is 23.4 Å². The minimum Gasteiger partial charge on any atom is -0.481 e. The molecule has 0 saturated carbocycles. The SMILES string of the molecule is Cc1noc(C)c1CSCC(=O)NC1(CC(=O)O)CCOCC1. The molecule has 0 aliphatic carbocycles. The number of aromatic nitrogens is 1. The van der Waals surface area contributed by atoms with E-state index in [0.717, 1.165) is 17.0 Å². The molecule has 1 aromatic heterocycles. The number of carbonyl (C=O) groups excluding carboxylic acids is 1. The molecule has 2 N–H and O–H groups in total. The maximum atomic E-state index is 12.2. The molecule has 7 nitrogen and oxygen atoms in total. The number of carboxylic acid groups (broad SMARTS) is 1. The van der Waals surface area contributed by atoms with Crippen LogP contribution in [0, 0.1) is 13.8 Å². The van der Waals surface area contributed by atoms with Crippen molar-refractivity contribution in [3.63, 3.8) is 0 Å². The Hall–Kier alpha value is -1.54. The van der Waals surface area contributed by atoms with Gasteiger partial charge in [-0.2, -0.15) is 0 Å². The number of ether oxygens (including phenoxy) is 1. The summed E-state index contributed by atoms with van der Waals surface area (Å²) in [6, 6.07) is 0. The van der Waals surface area contributed by atoms with Gasteiger partial charge in [0.1, 0.15) is 5.76 Å². The van der Waals surface area contributed by atoms with Crippen LogP contribution in [-0.2, 0) is 20.1 Å². The van der Waals surface area contributed by atoms with Gasteiger partial charge in [-0.3, -0.25) is 9.59 Å². The highest BCUT2D eigenvalue weighted by Gasteiger charge is 2.36. The molecule has 0 aromatic carbocycles. The zero-order valence-corrected chi connectivity index (χ0v) is 14.2. The Labute approximate surface area is 139 Å². The topological polar surface area (TPSA) is 102 Å². The molecule has 0 radical (unpaired) electrons. The molecular formula is C15H22N2O5S. The van der Waals surface area contributed by atoms with E-state index in [0.29, 0.717) is 31.8 Å². The van der Waals surface area contributed by atoms with Crippen molar-refractivity contribution in [2.45, 2.75) is 44.4 Å². The summed E-state index contributed by atoms with van der Waals surface area (Å²) < 4.78 is 10.4. The van der Waals surface area contributed by atoms with Gasteiger partial charge >= 0.3 is 5.97 Å². The molecule has 1 aliphatic rings. The second-order valence-corrected chi connectivity index (χ2v) is 6.79. The van der Waals surface area contributed by atoms with Gasteiger partial charge in [-0.25, -0.2) is 0 Å². The van der Waals surface area contributed by atoms with Crippen LogP contribution in [0.15, 0.2) is 4.52 Å². The first-order chi connectivity index (χ1) is 10.9. The number of carbonyl (C=O) groups is 2. The molecule has 1 aromatic rings. The Bertz CT molecular complexity index is 547. The summed E-state index contributed by atoms with van der Waals surface area (Å²) in [5, 5.41) is 15.9. The zero-order chi connectivity index (χ0) is 16.9. The molecule has 23 heavy (non-hydrogen) atoms. The standard InChI is InChI=1S/C15H22N2O5S/c1-10-12(11(2)22-17-10)8-23-9-13(18)16-15(7-14(19)20)3-5-21-6-4-15/h3-9H2,1-2H3,(H,16,18)(H,19,20). The summed E-state index contributed by atoms with van der Waals surface area (Å²) in [5.41, 5.74) is 1.15. The van der Waals surface area contributed by atoms with Gasteiger partial charge in [-0.1, -0.05) is 5.16 Å². The number of aliphatic carboxylic acids is 1. The van der Waals surface area contributed by atoms with Crippen molar-refractivity contribution in [3.8, 4) is 0 Å². The van der Waals surface area contributed by atoms with Crippen LogP contribution in [0.4, 0.5) is 0 Å². The first-order valence-electron chi connectivity index (χ1n) is 7.52. The largest absolute Gasteiger partial charge is 0.481 e. The van der Waals surface area contributed by atoms with Crippen LogP contribution >= 0.6 is 11.8 Å². The van der Waals surface area contributed by atoms with Gasteiger partial charge in [-0.05, 0) is 26.7 Å². The van der Waals surface area contributed by atoms with E-state index in [1.807, 2.05) is 13.8 Å². The van der Waals surface area contributed by atoms with E-state index in [1.54, 1.807) is 0 Å². The van der Waals surface area contributed by atoms with Gasteiger partial charge in [-0.15, -0.1) is 11.8 Å². The van der Waals surface area contributed by atoms with Crippen LogP contribution in [-0.4, -0.2) is 46.6 Å². The van der Waals surface area contributed by atoms with E-state index >= 15 is 0 Å². The molecule has 0 spiro atoms. The van der Waals surface area contributed by atoms with Crippen molar-refractivity contribution in [1.82, 2.24) is 10.5 Å². The second kappa shape index (κ2) is 7.83. The lowest BCUT2D eigenvalue weighted by atomic mass is 9.86. The smallest absolute Gasteiger partial charge is 0.305 e. The molecule has 2 heterocycles. The number of hydrogen-bond acceptors (Lipinski definition) is 6. The van der Waals surface area contributed by atoms with E-state index in [2.05, 4.69) is 10.5 Å². The zero-order valence-electron chi connectivity index (χ0n) is 13.4. The fourth-order valence-electron chi connectivity index (χ4n) is 2.68. The number of nitrogens with one attached hydrogen (secondary N) is 1. The number of amides is 1. The number of nitrogens with zero attached hydrogens (tertiary/aromatic N) is 1. The summed E-state index contributed by atoms with van der Waals surface area (Å²) in [5.74, 6) is 0.623. The fraction of sp³-hybridized carbons (Fsp3) is 0.667. The lowest BCUT2D eigenvalue weighted by Crippen LogP contribution is -2.53. The molecule has 0 atom stereocenters. The number of thioether (sulfide) groups is 1. The van der Waals surface area contributed by atoms with E-state index < -0.39 is 11.5 Å². The van der Waals surface area contributed by atoms with Crippen LogP contribution in [0.5, 0.6) is 0 Å². The average molecular weight is 342 g/mol. The third-order valence-corrected chi connectivity index (χ3v) is 4.96. The van der Waals surface area contributed by atoms with Gasteiger partial charge in [0.2, 0.25) is 5.91 Å². The molecule has 1 aliphatic heterocycles. The highest BCUT2D eigenvalue weighted by molar-refractivity contribution is 7.99. The highest BCUT2D eigenvalue weighted by atomic mass is 32.2. The van der Waals surface area contributed by atoms with Gasteiger partial charge in [0.25, 0.3) is 0 Å². The first-order valence-corrected chi connectivity index (χ1v) is 8.67. The monoisotopic (exact) mass is 342 g/mol. The Morgan fingerprint density at radius 1 is 1.35 bits per heavy atom. The predicted octanol–water partition coefficient (Wildman–Crippen LogP) is 1.66. The maximum absolute atomic E-state index is 12.2. The van der Waals surface area contributed by atoms with Crippen LogP contribution in [0.2, 0.25) is 0 Å². The maximum Gasteiger partial charge on any atom is 0.305 e. The van der Waals surface area contributed by atoms with Crippen molar-refractivity contribution in [2.24, 2.45) is 0 Å². The van der Waals surface area contributed by atoms with Crippen molar-refractivity contribution in [1.29, 1.82) is 0 Å². The van der Waals surface area contributed by atoms with Crippen molar-refractivity contribution in [3.05, 3.63) is 17.0 Å². The molecule has 0 unspecified atom stereocenters. The summed E-state index contributed by atoms with van der Waals surface area (Å²) in [6.07, 6.45) is 0.982. The van der Waals surface area contributed by atoms with E-state index in [9.17, 15) is 9.59 Å². The minimum absolute atomic E-state index is 0.0728. The quantitative estimate of drug-likeness (QED) is 0.777. The fourth-order valence-corrected chi connectivity index (χ4v) is 3.66. The van der Waals surface area contributed by atoms with Gasteiger partial charge < -0.3 is 19.7 Å². The number of aryl methyl sites for hydroxylation is 2. The summed E-state index contributed by atoms with van der Waals surface area (Å²) in [6.45, 7) is 4.66. The summed E-state index contributed by atoms with van der Waals surface area (Å²) >= 11 is 1.46. The minimum atomic E-state index is -0.907. The van der Waals surface area contributed by atoms with Crippen LogP contribution in [0.1, 0.15) is 36.3 Å². The van der Waals surface area contributed by atoms with Gasteiger partial charge in [0, 0.05) is 24.5 Å². The Balaban J connectivity index is 1.85. The average Bonchev–Trinajstić information content (AvgIpc) is 2.79. The molecule has 1 amide bonds. The third-order valence-electron chi connectivity index (χ3n) is 4.00. The molecule has 8 heteroatoms. The Morgan fingerprint density at radius 3 is 2.61 bits per heavy atom. The van der Waals surface area contributed by atoms with E-state index in [-0.39, 0.29) is 18.1 Å². The number of rotatable bonds is 7. The second-order valence-electron chi connectivity index (χ2n) is 5.81. The first kappa shape index (κ1) is 17.8. The van der Waals surface area contributed by atoms with Crippen molar-refractivity contribution in [2.75, 3.05) is 19.0 Å². The highest BCUT2D eigenvalue weighted by Crippen LogP contribution is 2.25. The summed E-state index contributed by atoms with van der Waals surface area (Å²) in [7, 11) is 0. The lowest BCUT2D eigenvalue weighted by Gasteiger charge is -2.36. The lowest BCUT2D eigenvalue weighted by molar-refractivity contribution is -0.140. The number of hydrogen-bond donors (Lipinski definition) is 2. The third kappa shape index (κ3) is 4.97. The molecule has 1 saturated heterocycles. The van der Waals surface area contributed by atoms with Crippen LogP contribution in [0.3, 0.4) is 0 Å². The molecule has 2 rings (SSSR count). The Morgan fingerprint density at radius 2 is 2.04 bits per heavy atom. The van der Waals surface area contributed by atoms with Crippen molar-refractivity contribution < 1.29 is 24.0 Å². The summed E-state index contributed by atoms with van der Waals surface area (Å²) in [4.78, 5) is 23.3. The van der Waals surface area contributed by atoms with Crippen LogP contribution in [0.25, 0.3) is 0 Å². The van der Waals surface area contributed by atoms with Crippen molar-refractivity contribution >= 4 is 23.6 Å². The van der Waals surface area contributed by atoms with Crippen LogP contribution < -0.4 is 5.32 Å². The predicted molar refractivity (Wildman–Crippen MR) is 85.3 cm³/mol. The van der Waals surface area contributed by atoms with E-state index in [1.165, 1.54) is 11.8 Å².